The van der Waals surface area contributed by atoms with Crippen molar-refractivity contribution < 1.29 is 4.74 Å². The highest BCUT2D eigenvalue weighted by atomic mass is 16.5. The van der Waals surface area contributed by atoms with E-state index in [1.807, 2.05) is 25.1 Å². The van der Waals surface area contributed by atoms with Gasteiger partial charge in [-0.2, -0.15) is 0 Å². The Hall–Kier alpha value is -1.28. The second kappa shape index (κ2) is 4.10. The highest BCUT2D eigenvalue weighted by Gasteiger charge is 2.05. The van der Waals surface area contributed by atoms with Gasteiger partial charge in [-0.05, 0) is 30.2 Å². The number of aryl methyl sites for hydroxylation is 1. The van der Waals surface area contributed by atoms with Gasteiger partial charge in [-0.3, -0.25) is 0 Å². The quantitative estimate of drug-likeness (QED) is 0.718. The third-order valence-electron chi connectivity index (χ3n) is 2.10. The Balaban J connectivity index is 3.10. The van der Waals surface area contributed by atoms with Crippen molar-refractivity contribution in [2.75, 3.05) is 7.11 Å². The SMILES string of the molecule is C=C[C@@H](N)c1cc(OC)ccc1C. The van der Waals surface area contributed by atoms with Gasteiger partial charge in [-0.1, -0.05) is 12.1 Å². The van der Waals surface area contributed by atoms with Crippen molar-refractivity contribution in [3.05, 3.63) is 42.0 Å². The van der Waals surface area contributed by atoms with E-state index in [0.717, 1.165) is 16.9 Å². The van der Waals surface area contributed by atoms with Crippen molar-refractivity contribution in [3.63, 3.8) is 0 Å². The molecule has 2 N–H and O–H groups in total. The van der Waals surface area contributed by atoms with E-state index in [9.17, 15) is 0 Å². The van der Waals surface area contributed by atoms with E-state index < -0.39 is 0 Å². The van der Waals surface area contributed by atoms with Crippen LogP contribution in [-0.2, 0) is 0 Å². The highest BCUT2D eigenvalue weighted by molar-refractivity contribution is 5.38. The van der Waals surface area contributed by atoms with Gasteiger partial charge in [0.25, 0.3) is 0 Å². The first-order chi connectivity index (χ1) is 6.19. The summed E-state index contributed by atoms with van der Waals surface area (Å²) in [6.07, 6.45) is 1.72. The molecule has 0 aliphatic rings. The molecule has 1 rings (SSSR count). The first-order valence-corrected chi connectivity index (χ1v) is 4.21. The predicted molar refractivity (Wildman–Crippen MR) is 54.9 cm³/mol. The molecular formula is C11H15NO. The molecule has 0 heterocycles. The Kier molecular flexibility index (Phi) is 3.09. The molecule has 1 aromatic carbocycles. The Morgan fingerprint density at radius 2 is 2.23 bits per heavy atom. The maximum Gasteiger partial charge on any atom is 0.119 e. The molecule has 2 nitrogen and oxygen atoms in total. The van der Waals surface area contributed by atoms with Crippen molar-refractivity contribution in [1.82, 2.24) is 0 Å². The molecule has 0 aromatic heterocycles. The minimum Gasteiger partial charge on any atom is -0.497 e. The smallest absolute Gasteiger partial charge is 0.119 e. The molecule has 0 unspecified atom stereocenters. The van der Waals surface area contributed by atoms with Crippen LogP contribution in [0.2, 0.25) is 0 Å². The standard InChI is InChI=1S/C11H15NO/c1-4-11(12)10-7-9(13-3)6-5-8(10)2/h4-7,11H,1,12H2,2-3H3/t11-/m1/s1. The predicted octanol–water partition coefficient (Wildman–Crippen LogP) is 2.19. The summed E-state index contributed by atoms with van der Waals surface area (Å²) in [6.45, 7) is 5.69. The van der Waals surface area contributed by atoms with Gasteiger partial charge in [-0.15, -0.1) is 6.58 Å². The summed E-state index contributed by atoms with van der Waals surface area (Å²) in [5.74, 6) is 0.831. The molecule has 0 aliphatic heterocycles. The van der Waals surface area contributed by atoms with Crippen LogP contribution in [0.4, 0.5) is 0 Å². The Labute approximate surface area is 79.0 Å². The molecule has 0 aliphatic carbocycles. The van der Waals surface area contributed by atoms with E-state index >= 15 is 0 Å². The van der Waals surface area contributed by atoms with E-state index in [-0.39, 0.29) is 6.04 Å². The van der Waals surface area contributed by atoms with Crippen molar-refractivity contribution in [1.29, 1.82) is 0 Å². The number of hydrogen-bond donors (Lipinski definition) is 1. The maximum atomic E-state index is 5.85. The monoisotopic (exact) mass is 177 g/mol. The Morgan fingerprint density at radius 1 is 1.54 bits per heavy atom. The molecular weight excluding hydrogens is 162 g/mol. The zero-order valence-electron chi connectivity index (χ0n) is 8.08. The Bertz CT molecular complexity index is 307. The van der Waals surface area contributed by atoms with E-state index in [0.29, 0.717) is 0 Å². The normalized spacial score (nSPS) is 12.2. The molecule has 13 heavy (non-hydrogen) atoms. The van der Waals surface area contributed by atoms with E-state index in [2.05, 4.69) is 6.58 Å². The molecule has 0 fully saturated rings. The van der Waals surface area contributed by atoms with E-state index in [1.165, 1.54) is 0 Å². The number of methoxy groups -OCH3 is 1. The van der Waals surface area contributed by atoms with Crippen LogP contribution in [0.15, 0.2) is 30.9 Å². The molecule has 2 heteroatoms. The van der Waals surface area contributed by atoms with Crippen LogP contribution in [0.1, 0.15) is 17.2 Å². The van der Waals surface area contributed by atoms with Gasteiger partial charge >= 0.3 is 0 Å². The van der Waals surface area contributed by atoms with Gasteiger partial charge < -0.3 is 10.5 Å². The summed E-state index contributed by atoms with van der Waals surface area (Å²) in [6, 6.07) is 5.75. The second-order valence-electron chi connectivity index (χ2n) is 2.98. The lowest BCUT2D eigenvalue weighted by molar-refractivity contribution is 0.414. The molecule has 70 valence electrons. The van der Waals surface area contributed by atoms with Crippen LogP contribution in [-0.4, -0.2) is 7.11 Å². The van der Waals surface area contributed by atoms with Gasteiger partial charge in [0, 0.05) is 6.04 Å². The fourth-order valence-electron chi connectivity index (χ4n) is 1.23. The Morgan fingerprint density at radius 3 is 2.77 bits per heavy atom. The molecule has 0 spiro atoms. The largest absolute Gasteiger partial charge is 0.497 e. The fraction of sp³-hybridized carbons (Fsp3) is 0.273. The van der Waals surface area contributed by atoms with Gasteiger partial charge in [0.1, 0.15) is 5.75 Å². The summed E-state index contributed by atoms with van der Waals surface area (Å²) in [7, 11) is 1.65. The topological polar surface area (TPSA) is 35.2 Å². The van der Waals surface area contributed by atoms with Crippen molar-refractivity contribution >= 4 is 0 Å². The van der Waals surface area contributed by atoms with Crippen molar-refractivity contribution in [2.45, 2.75) is 13.0 Å². The minimum atomic E-state index is -0.116. The second-order valence-corrected chi connectivity index (χ2v) is 2.98. The number of ether oxygens (including phenoxy) is 1. The lowest BCUT2D eigenvalue weighted by Crippen LogP contribution is -2.08. The summed E-state index contributed by atoms with van der Waals surface area (Å²) in [5.41, 5.74) is 8.07. The van der Waals surface area contributed by atoms with E-state index in [1.54, 1.807) is 13.2 Å². The summed E-state index contributed by atoms with van der Waals surface area (Å²) in [5, 5.41) is 0. The lowest BCUT2D eigenvalue weighted by atomic mass is 10.0. The lowest BCUT2D eigenvalue weighted by Gasteiger charge is -2.11. The van der Waals surface area contributed by atoms with Crippen molar-refractivity contribution in [2.24, 2.45) is 5.73 Å². The molecule has 0 amide bonds. The molecule has 0 radical (unpaired) electrons. The average molecular weight is 177 g/mol. The number of hydrogen-bond acceptors (Lipinski definition) is 2. The van der Waals surface area contributed by atoms with Crippen LogP contribution in [0.3, 0.4) is 0 Å². The number of rotatable bonds is 3. The average Bonchev–Trinajstić information content (AvgIpc) is 2.17. The van der Waals surface area contributed by atoms with E-state index in [4.69, 9.17) is 10.5 Å². The third kappa shape index (κ3) is 2.10. The maximum absolute atomic E-state index is 5.85. The molecule has 1 atom stereocenters. The molecule has 0 bridgehead atoms. The highest BCUT2D eigenvalue weighted by Crippen LogP contribution is 2.22. The summed E-state index contributed by atoms with van der Waals surface area (Å²) < 4.78 is 5.11. The third-order valence-corrected chi connectivity index (χ3v) is 2.10. The van der Waals surface area contributed by atoms with Crippen LogP contribution < -0.4 is 10.5 Å². The van der Waals surface area contributed by atoms with Gasteiger partial charge in [-0.25, -0.2) is 0 Å². The van der Waals surface area contributed by atoms with Crippen molar-refractivity contribution in [3.8, 4) is 5.75 Å². The molecule has 0 saturated carbocycles. The van der Waals surface area contributed by atoms with Crippen LogP contribution in [0, 0.1) is 6.92 Å². The number of nitrogens with two attached hydrogens (primary N) is 1. The van der Waals surface area contributed by atoms with Gasteiger partial charge in [0.15, 0.2) is 0 Å². The minimum absolute atomic E-state index is 0.116. The van der Waals surface area contributed by atoms with Gasteiger partial charge in [0.05, 0.1) is 7.11 Å². The van der Waals surface area contributed by atoms with Crippen LogP contribution in [0.5, 0.6) is 5.75 Å². The first-order valence-electron chi connectivity index (χ1n) is 4.21. The van der Waals surface area contributed by atoms with Gasteiger partial charge in [0.2, 0.25) is 0 Å². The molecule has 0 saturated heterocycles. The molecule has 1 aromatic rings. The summed E-state index contributed by atoms with van der Waals surface area (Å²) >= 11 is 0. The number of benzene rings is 1. The van der Waals surface area contributed by atoms with Crippen LogP contribution in [0.25, 0.3) is 0 Å². The fourth-order valence-corrected chi connectivity index (χ4v) is 1.23. The zero-order valence-corrected chi connectivity index (χ0v) is 8.08. The first kappa shape index (κ1) is 9.81. The van der Waals surface area contributed by atoms with Crippen LogP contribution >= 0.6 is 0 Å². The zero-order chi connectivity index (χ0) is 9.84. The summed E-state index contributed by atoms with van der Waals surface area (Å²) in [4.78, 5) is 0.